The molecule has 0 bridgehead atoms. The van der Waals surface area contributed by atoms with E-state index in [1.807, 2.05) is 6.07 Å². The summed E-state index contributed by atoms with van der Waals surface area (Å²) in [4.78, 5) is 27.3. The quantitative estimate of drug-likeness (QED) is 0.637. The van der Waals surface area contributed by atoms with Gasteiger partial charge in [0.05, 0.1) is 0 Å². The number of halogens is 2. The molecule has 1 N–H and O–H groups in total. The van der Waals surface area contributed by atoms with Gasteiger partial charge in [-0.2, -0.15) is 0 Å². The van der Waals surface area contributed by atoms with Crippen LogP contribution in [0.5, 0.6) is 0 Å². The number of nitrogens with zero attached hydrogens (tertiary/aromatic N) is 1. The van der Waals surface area contributed by atoms with Crippen molar-refractivity contribution in [2.24, 2.45) is 0 Å². The predicted molar refractivity (Wildman–Crippen MR) is 85.5 cm³/mol. The van der Waals surface area contributed by atoms with Gasteiger partial charge in [0.15, 0.2) is 0 Å². The molecule has 22 heavy (non-hydrogen) atoms. The molecule has 0 fully saturated rings. The molecule has 0 aliphatic carbocycles. The summed E-state index contributed by atoms with van der Waals surface area (Å²) in [6.45, 7) is -0.123. The molecule has 1 aromatic heterocycles. The number of hydrogen-bond acceptors (Lipinski definition) is 4. The number of hydrogen-bond donors (Lipinski definition) is 1. The van der Waals surface area contributed by atoms with Gasteiger partial charge in [0.1, 0.15) is 18.3 Å². The van der Waals surface area contributed by atoms with Gasteiger partial charge in [-0.3, -0.25) is 9.59 Å². The van der Waals surface area contributed by atoms with Crippen LogP contribution in [0.1, 0.15) is 15.9 Å². The van der Waals surface area contributed by atoms with Crippen molar-refractivity contribution < 1.29 is 14.3 Å². The lowest BCUT2D eigenvalue weighted by atomic mass is 10.2. The zero-order valence-electron chi connectivity index (χ0n) is 11.4. The SMILES string of the molecule is O=C(CNC(=O)c1cccc(Br)c1)OCc1ccc(Cl)nc1. The molecule has 0 spiro atoms. The topological polar surface area (TPSA) is 68.3 Å². The Morgan fingerprint density at radius 3 is 2.77 bits per heavy atom. The number of esters is 1. The highest BCUT2D eigenvalue weighted by molar-refractivity contribution is 9.10. The maximum atomic E-state index is 11.8. The number of rotatable bonds is 5. The van der Waals surface area contributed by atoms with Crippen LogP contribution in [0.2, 0.25) is 5.15 Å². The molecule has 0 aliphatic heterocycles. The molecular formula is C15H12BrClN2O3. The van der Waals surface area contributed by atoms with Gasteiger partial charge in [0.25, 0.3) is 5.91 Å². The van der Waals surface area contributed by atoms with Crippen molar-refractivity contribution in [3.63, 3.8) is 0 Å². The second-order valence-electron chi connectivity index (χ2n) is 4.34. The fourth-order valence-corrected chi connectivity index (χ4v) is 2.10. The van der Waals surface area contributed by atoms with Gasteiger partial charge in [0.2, 0.25) is 0 Å². The molecule has 114 valence electrons. The average Bonchev–Trinajstić information content (AvgIpc) is 2.52. The molecule has 1 amide bonds. The third-order valence-corrected chi connectivity index (χ3v) is 3.39. The van der Waals surface area contributed by atoms with Gasteiger partial charge < -0.3 is 10.1 Å². The Labute approximate surface area is 140 Å². The summed E-state index contributed by atoms with van der Waals surface area (Å²) in [5, 5.41) is 2.87. The maximum absolute atomic E-state index is 11.8. The zero-order valence-corrected chi connectivity index (χ0v) is 13.7. The Bertz CT molecular complexity index is 677. The van der Waals surface area contributed by atoms with Gasteiger partial charge >= 0.3 is 5.97 Å². The maximum Gasteiger partial charge on any atom is 0.325 e. The molecule has 0 radical (unpaired) electrons. The van der Waals surface area contributed by atoms with Crippen LogP contribution in [-0.2, 0) is 16.1 Å². The lowest BCUT2D eigenvalue weighted by molar-refractivity contribution is -0.143. The van der Waals surface area contributed by atoms with Crippen molar-refractivity contribution in [2.75, 3.05) is 6.54 Å². The number of pyridine rings is 1. The highest BCUT2D eigenvalue weighted by Gasteiger charge is 2.09. The highest BCUT2D eigenvalue weighted by atomic mass is 79.9. The summed E-state index contributed by atoms with van der Waals surface area (Å²) in [6, 6.07) is 10.2. The van der Waals surface area contributed by atoms with Crippen LogP contribution in [0, 0.1) is 0 Å². The molecule has 0 aliphatic rings. The number of ether oxygens (including phenoxy) is 1. The minimum absolute atomic E-state index is 0.0791. The van der Waals surface area contributed by atoms with Crippen molar-refractivity contribution in [2.45, 2.75) is 6.61 Å². The molecule has 0 saturated heterocycles. The van der Waals surface area contributed by atoms with E-state index in [9.17, 15) is 9.59 Å². The normalized spacial score (nSPS) is 10.1. The van der Waals surface area contributed by atoms with E-state index in [0.717, 1.165) is 10.0 Å². The van der Waals surface area contributed by atoms with Crippen molar-refractivity contribution in [3.05, 3.63) is 63.3 Å². The summed E-state index contributed by atoms with van der Waals surface area (Å²) in [5.41, 5.74) is 1.18. The van der Waals surface area contributed by atoms with E-state index < -0.39 is 5.97 Å². The van der Waals surface area contributed by atoms with E-state index in [0.29, 0.717) is 10.7 Å². The fourth-order valence-electron chi connectivity index (χ4n) is 1.59. The van der Waals surface area contributed by atoms with Crippen LogP contribution in [-0.4, -0.2) is 23.4 Å². The van der Waals surface area contributed by atoms with E-state index in [-0.39, 0.29) is 19.1 Å². The molecule has 2 aromatic rings. The second-order valence-corrected chi connectivity index (χ2v) is 5.65. The van der Waals surface area contributed by atoms with Crippen LogP contribution < -0.4 is 5.32 Å². The van der Waals surface area contributed by atoms with Crippen molar-refractivity contribution >= 4 is 39.4 Å². The Morgan fingerprint density at radius 2 is 2.09 bits per heavy atom. The number of nitrogens with one attached hydrogen (secondary N) is 1. The van der Waals surface area contributed by atoms with Crippen LogP contribution in [0.3, 0.4) is 0 Å². The minimum atomic E-state index is -0.529. The third kappa shape index (κ3) is 5.13. The molecule has 0 atom stereocenters. The molecule has 1 aromatic carbocycles. The number of benzene rings is 1. The molecule has 0 saturated carbocycles. The lowest BCUT2D eigenvalue weighted by Crippen LogP contribution is -2.30. The van der Waals surface area contributed by atoms with Crippen LogP contribution in [0.4, 0.5) is 0 Å². The standard InChI is InChI=1S/C15H12BrClN2O3/c16-12-3-1-2-11(6-12)15(21)19-8-14(20)22-9-10-4-5-13(17)18-7-10/h1-7H,8-9H2,(H,19,21). The smallest absolute Gasteiger partial charge is 0.325 e. The molecule has 7 heteroatoms. The van der Waals surface area contributed by atoms with Crippen LogP contribution in [0.25, 0.3) is 0 Å². The first-order chi connectivity index (χ1) is 10.5. The van der Waals surface area contributed by atoms with Gasteiger partial charge in [-0.1, -0.05) is 39.7 Å². The van der Waals surface area contributed by atoms with E-state index in [4.69, 9.17) is 16.3 Å². The Balaban J connectivity index is 1.78. The molecule has 5 nitrogen and oxygen atoms in total. The molecule has 0 unspecified atom stereocenters. The summed E-state index contributed by atoms with van der Waals surface area (Å²) >= 11 is 8.94. The largest absolute Gasteiger partial charge is 0.459 e. The summed E-state index contributed by atoms with van der Waals surface area (Å²) in [5.74, 6) is -0.871. The van der Waals surface area contributed by atoms with Crippen LogP contribution >= 0.6 is 27.5 Å². The van der Waals surface area contributed by atoms with Crippen molar-refractivity contribution in [3.8, 4) is 0 Å². The van der Waals surface area contributed by atoms with Gasteiger partial charge in [-0.15, -0.1) is 0 Å². The summed E-state index contributed by atoms with van der Waals surface area (Å²) < 4.78 is 5.82. The Hall–Kier alpha value is -1.92. The average molecular weight is 384 g/mol. The first-order valence-electron chi connectivity index (χ1n) is 6.34. The Morgan fingerprint density at radius 1 is 1.27 bits per heavy atom. The Kier molecular flexibility index (Phi) is 5.91. The first-order valence-corrected chi connectivity index (χ1v) is 7.51. The van der Waals surface area contributed by atoms with E-state index in [1.165, 1.54) is 6.20 Å². The zero-order chi connectivity index (χ0) is 15.9. The number of carbonyl (C=O) groups excluding carboxylic acids is 2. The second kappa shape index (κ2) is 7.91. The number of amides is 1. The monoisotopic (exact) mass is 382 g/mol. The number of aromatic nitrogens is 1. The first kappa shape index (κ1) is 16.5. The van der Waals surface area contributed by atoms with E-state index >= 15 is 0 Å². The van der Waals surface area contributed by atoms with Crippen molar-refractivity contribution in [1.29, 1.82) is 0 Å². The molecule has 2 rings (SSSR count). The fraction of sp³-hybridized carbons (Fsp3) is 0.133. The molecular weight excluding hydrogens is 372 g/mol. The van der Waals surface area contributed by atoms with Gasteiger partial charge in [-0.25, -0.2) is 4.98 Å². The molecule has 1 heterocycles. The van der Waals surface area contributed by atoms with E-state index in [2.05, 4.69) is 26.2 Å². The van der Waals surface area contributed by atoms with Crippen molar-refractivity contribution in [1.82, 2.24) is 10.3 Å². The predicted octanol–water partition coefficient (Wildman–Crippen LogP) is 2.97. The highest BCUT2D eigenvalue weighted by Crippen LogP contribution is 2.11. The lowest BCUT2D eigenvalue weighted by Gasteiger charge is -2.07. The van der Waals surface area contributed by atoms with E-state index in [1.54, 1.807) is 30.3 Å². The number of carbonyl (C=O) groups is 2. The minimum Gasteiger partial charge on any atom is -0.459 e. The van der Waals surface area contributed by atoms with Gasteiger partial charge in [-0.05, 0) is 24.3 Å². The summed E-state index contributed by atoms with van der Waals surface area (Å²) in [6.07, 6.45) is 1.52. The van der Waals surface area contributed by atoms with Crippen LogP contribution in [0.15, 0.2) is 47.1 Å². The van der Waals surface area contributed by atoms with Gasteiger partial charge in [0, 0.05) is 21.8 Å². The summed E-state index contributed by atoms with van der Waals surface area (Å²) in [7, 11) is 0. The third-order valence-electron chi connectivity index (χ3n) is 2.67.